The van der Waals surface area contributed by atoms with Crippen LogP contribution in [0.3, 0.4) is 0 Å². The molecular weight excluding hydrogens is 520 g/mol. The van der Waals surface area contributed by atoms with Crippen LogP contribution in [-0.4, -0.2) is 51.0 Å². The van der Waals surface area contributed by atoms with E-state index in [-0.39, 0.29) is 22.3 Å². The van der Waals surface area contributed by atoms with Crippen molar-refractivity contribution < 1.29 is 18.0 Å². The van der Waals surface area contributed by atoms with Crippen molar-refractivity contribution in [2.75, 3.05) is 24.2 Å². The average molecular weight is 541 g/mol. The summed E-state index contributed by atoms with van der Waals surface area (Å²) in [5.41, 5.74) is 0.702. The number of anilines is 1. The Morgan fingerprint density at radius 3 is 2.19 bits per heavy atom. The molecule has 2 aromatic carbocycles. The normalized spacial score (nSPS) is 12.2. The molecule has 0 aliphatic rings. The van der Waals surface area contributed by atoms with Gasteiger partial charge in [0.1, 0.15) is 12.6 Å². The van der Waals surface area contributed by atoms with Gasteiger partial charge in [-0.1, -0.05) is 52.5 Å². The first kappa shape index (κ1) is 26.5. The van der Waals surface area contributed by atoms with Crippen molar-refractivity contribution in [2.45, 2.75) is 19.5 Å². The van der Waals surface area contributed by atoms with E-state index in [0.29, 0.717) is 15.6 Å². The molecule has 0 aliphatic heterocycles. The van der Waals surface area contributed by atoms with E-state index in [9.17, 15) is 18.0 Å². The third-order valence-corrected chi connectivity index (χ3v) is 7.11. The maximum Gasteiger partial charge on any atom is 0.244 e. The third kappa shape index (κ3) is 6.65. The molecule has 2 amide bonds. The summed E-state index contributed by atoms with van der Waals surface area (Å²) < 4.78 is 25.8. The number of carbonyl (C=O) groups excluding carboxylic acids is 2. The lowest BCUT2D eigenvalue weighted by Gasteiger charge is -2.31. The van der Waals surface area contributed by atoms with Gasteiger partial charge in [0.25, 0.3) is 0 Å². The minimum absolute atomic E-state index is 0.0393. The maximum atomic E-state index is 13.3. The van der Waals surface area contributed by atoms with Crippen LogP contribution in [0, 0.1) is 0 Å². The van der Waals surface area contributed by atoms with Crippen LogP contribution in [0.1, 0.15) is 12.5 Å². The molecule has 0 saturated carbocycles. The summed E-state index contributed by atoms with van der Waals surface area (Å²) in [4.78, 5) is 26.8. The summed E-state index contributed by atoms with van der Waals surface area (Å²) in [5, 5.41) is 3.58. The quantitative estimate of drug-likeness (QED) is 0.542. The van der Waals surface area contributed by atoms with E-state index in [2.05, 4.69) is 5.32 Å². The van der Waals surface area contributed by atoms with Crippen LogP contribution in [0.2, 0.25) is 20.1 Å². The minimum atomic E-state index is -3.87. The molecule has 0 aliphatic carbocycles. The van der Waals surface area contributed by atoms with Crippen LogP contribution in [-0.2, 0) is 26.2 Å². The third-order valence-electron chi connectivity index (χ3n) is 4.64. The molecule has 32 heavy (non-hydrogen) atoms. The van der Waals surface area contributed by atoms with Crippen LogP contribution in [0.4, 0.5) is 5.69 Å². The van der Waals surface area contributed by atoms with Crippen molar-refractivity contribution >= 4 is 73.9 Å². The summed E-state index contributed by atoms with van der Waals surface area (Å²) in [5.74, 6) is -1.05. The number of nitrogens with zero attached hydrogens (tertiary/aromatic N) is 2. The van der Waals surface area contributed by atoms with Crippen LogP contribution < -0.4 is 9.62 Å². The number of benzene rings is 2. The SMILES string of the molecule is CNC(=O)[C@@H](C)N(Cc1ccc(Cl)cc1Cl)C(=O)CN(c1ccc(Cl)c(Cl)c1)S(C)(=O)=O. The van der Waals surface area contributed by atoms with E-state index in [1.165, 1.54) is 43.1 Å². The summed E-state index contributed by atoms with van der Waals surface area (Å²) in [6, 6.07) is 8.06. The Bertz CT molecular complexity index is 1130. The standard InChI is InChI=1S/C20H21Cl4N3O4S/c1-12(20(29)25-2)26(10-13-4-5-14(21)8-17(13)23)19(28)11-27(32(3,30)31)15-6-7-16(22)18(24)9-15/h4-9,12H,10-11H2,1-3H3,(H,25,29)/t12-/m1/s1. The lowest BCUT2D eigenvalue weighted by atomic mass is 10.1. The van der Waals surface area contributed by atoms with Crippen LogP contribution in [0.5, 0.6) is 0 Å². The Hall–Kier alpha value is -1.71. The first-order valence-corrected chi connectivity index (χ1v) is 12.6. The number of sulfonamides is 1. The van der Waals surface area contributed by atoms with Gasteiger partial charge in [-0.25, -0.2) is 8.42 Å². The molecular formula is C20H21Cl4N3O4S. The topological polar surface area (TPSA) is 86.8 Å². The highest BCUT2D eigenvalue weighted by atomic mass is 35.5. The molecule has 0 spiro atoms. The zero-order valence-electron chi connectivity index (χ0n) is 17.4. The molecule has 12 heteroatoms. The number of carbonyl (C=O) groups is 2. The number of amides is 2. The molecule has 2 aromatic rings. The fourth-order valence-electron chi connectivity index (χ4n) is 2.88. The molecule has 2 rings (SSSR count). The van der Waals surface area contributed by atoms with Crippen molar-refractivity contribution in [3.8, 4) is 0 Å². The van der Waals surface area contributed by atoms with Gasteiger partial charge in [0, 0.05) is 23.6 Å². The van der Waals surface area contributed by atoms with E-state index in [1.54, 1.807) is 12.1 Å². The molecule has 0 bridgehead atoms. The van der Waals surface area contributed by atoms with Crippen molar-refractivity contribution in [1.82, 2.24) is 10.2 Å². The van der Waals surface area contributed by atoms with Gasteiger partial charge in [-0.05, 0) is 42.8 Å². The lowest BCUT2D eigenvalue weighted by molar-refractivity contribution is -0.139. The Morgan fingerprint density at radius 1 is 1.00 bits per heavy atom. The highest BCUT2D eigenvalue weighted by molar-refractivity contribution is 7.92. The molecule has 0 saturated heterocycles. The largest absolute Gasteiger partial charge is 0.357 e. The smallest absolute Gasteiger partial charge is 0.244 e. The van der Waals surface area contributed by atoms with Crippen molar-refractivity contribution in [3.63, 3.8) is 0 Å². The molecule has 1 atom stereocenters. The molecule has 0 fully saturated rings. The van der Waals surface area contributed by atoms with Crippen molar-refractivity contribution in [2.24, 2.45) is 0 Å². The monoisotopic (exact) mass is 539 g/mol. The Morgan fingerprint density at radius 2 is 1.66 bits per heavy atom. The highest BCUT2D eigenvalue weighted by Gasteiger charge is 2.30. The van der Waals surface area contributed by atoms with Gasteiger partial charge >= 0.3 is 0 Å². The van der Waals surface area contributed by atoms with E-state index >= 15 is 0 Å². The van der Waals surface area contributed by atoms with Gasteiger partial charge in [-0.15, -0.1) is 0 Å². The zero-order chi connectivity index (χ0) is 24.2. The molecule has 0 heterocycles. The fourth-order valence-corrected chi connectivity index (χ4v) is 4.48. The number of hydrogen-bond donors (Lipinski definition) is 1. The van der Waals surface area contributed by atoms with Crippen molar-refractivity contribution in [1.29, 1.82) is 0 Å². The Kier molecular flexibility index (Phi) is 9.07. The van der Waals surface area contributed by atoms with E-state index < -0.39 is 34.4 Å². The van der Waals surface area contributed by atoms with E-state index in [0.717, 1.165) is 10.6 Å². The maximum absolute atomic E-state index is 13.3. The fraction of sp³-hybridized carbons (Fsp3) is 0.300. The number of halogens is 4. The van der Waals surface area contributed by atoms with Gasteiger partial charge in [0.2, 0.25) is 21.8 Å². The average Bonchev–Trinajstić information content (AvgIpc) is 2.71. The summed E-state index contributed by atoms with van der Waals surface area (Å²) in [6.45, 7) is 0.927. The van der Waals surface area contributed by atoms with Gasteiger partial charge in [-0.2, -0.15) is 0 Å². The number of rotatable bonds is 8. The van der Waals surface area contributed by atoms with Gasteiger partial charge in [0.15, 0.2) is 0 Å². The van der Waals surface area contributed by atoms with Crippen LogP contribution >= 0.6 is 46.4 Å². The van der Waals surface area contributed by atoms with Gasteiger partial charge < -0.3 is 10.2 Å². The minimum Gasteiger partial charge on any atom is -0.357 e. The molecule has 1 N–H and O–H groups in total. The zero-order valence-corrected chi connectivity index (χ0v) is 21.2. The summed E-state index contributed by atoms with van der Waals surface area (Å²) in [7, 11) is -2.43. The first-order valence-electron chi connectivity index (χ1n) is 9.23. The highest BCUT2D eigenvalue weighted by Crippen LogP contribution is 2.29. The Labute approximate surface area is 207 Å². The first-order chi connectivity index (χ1) is 14.8. The Balaban J connectivity index is 2.43. The second kappa shape index (κ2) is 10.9. The second-order valence-corrected chi connectivity index (χ2v) is 10.5. The molecule has 0 aromatic heterocycles. The number of nitrogens with one attached hydrogen (secondary N) is 1. The molecule has 174 valence electrons. The predicted octanol–water partition coefficient (Wildman–Crippen LogP) is 4.23. The van der Waals surface area contributed by atoms with Crippen molar-refractivity contribution in [3.05, 3.63) is 62.1 Å². The predicted molar refractivity (Wildman–Crippen MR) is 129 cm³/mol. The van der Waals surface area contributed by atoms with E-state index in [4.69, 9.17) is 46.4 Å². The molecule has 7 nitrogen and oxygen atoms in total. The molecule has 0 radical (unpaired) electrons. The number of likely N-dealkylation sites (N-methyl/N-ethyl adjacent to an activating group) is 1. The molecule has 0 unspecified atom stereocenters. The number of hydrogen-bond acceptors (Lipinski definition) is 4. The van der Waals surface area contributed by atoms with Gasteiger partial charge in [-0.3, -0.25) is 13.9 Å². The van der Waals surface area contributed by atoms with Crippen LogP contribution in [0.15, 0.2) is 36.4 Å². The lowest BCUT2D eigenvalue weighted by Crippen LogP contribution is -2.50. The van der Waals surface area contributed by atoms with Gasteiger partial charge in [0.05, 0.1) is 22.0 Å². The van der Waals surface area contributed by atoms with Crippen LogP contribution in [0.25, 0.3) is 0 Å². The summed E-state index contributed by atoms with van der Waals surface area (Å²) >= 11 is 24.1. The van der Waals surface area contributed by atoms with E-state index in [1.807, 2.05) is 0 Å². The summed E-state index contributed by atoms with van der Waals surface area (Å²) in [6.07, 6.45) is 0.964. The second-order valence-electron chi connectivity index (χ2n) is 6.92.